The Kier molecular flexibility index (Phi) is 5.38. The number of carboxylic acid groups (broad SMARTS) is 1. The van der Waals surface area contributed by atoms with Gasteiger partial charge >= 0.3 is 6.09 Å². The highest BCUT2D eigenvalue weighted by molar-refractivity contribution is 7.92. The number of nitrogens with one attached hydrogen (secondary N) is 2. The van der Waals surface area contributed by atoms with Crippen molar-refractivity contribution in [2.24, 2.45) is 11.3 Å². The third-order valence-electron chi connectivity index (χ3n) is 6.90. The van der Waals surface area contributed by atoms with E-state index < -0.39 is 28.0 Å². The predicted molar refractivity (Wildman–Crippen MR) is 121 cm³/mol. The van der Waals surface area contributed by atoms with Gasteiger partial charge in [0.2, 0.25) is 5.91 Å². The molecule has 2 aromatic carbocycles. The van der Waals surface area contributed by atoms with Gasteiger partial charge in [0.15, 0.2) is 0 Å². The van der Waals surface area contributed by atoms with Crippen molar-refractivity contribution >= 4 is 33.4 Å². The van der Waals surface area contributed by atoms with Gasteiger partial charge in [0.05, 0.1) is 23.7 Å². The first-order valence-electron chi connectivity index (χ1n) is 11.0. The van der Waals surface area contributed by atoms with E-state index in [4.69, 9.17) is 9.84 Å². The number of anilines is 2. The molecule has 0 aromatic heterocycles. The van der Waals surface area contributed by atoms with Crippen LogP contribution in [0.3, 0.4) is 0 Å². The third kappa shape index (κ3) is 4.04. The van der Waals surface area contributed by atoms with Crippen LogP contribution in [0.15, 0.2) is 47.4 Å². The monoisotopic (exact) mass is 489 g/mol. The normalized spacial score (nSPS) is 22.2. The van der Waals surface area contributed by atoms with Crippen LogP contribution in [0.4, 0.5) is 20.6 Å². The molecule has 2 aliphatic carbocycles. The zero-order chi connectivity index (χ0) is 24.1. The Morgan fingerprint density at radius 3 is 2.53 bits per heavy atom. The average molecular weight is 490 g/mol. The number of hydrogen-bond acceptors (Lipinski definition) is 5. The first kappa shape index (κ1) is 22.5. The Morgan fingerprint density at radius 1 is 1.18 bits per heavy atom. The number of rotatable bonds is 6. The van der Waals surface area contributed by atoms with Crippen molar-refractivity contribution in [3.8, 4) is 5.75 Å². The summed E-state index contributed by atoms with van der Waals surface area (Å²) in [6, 6.07) is 8.75. The number of amides is 2. The Balaban J connectivity index is 1.40. The fourth-order valence-electron chi connectivity index (χ4n) is 4.82. The van der Waals surface area contributed by atoms with E-state index in [1.807, 2.05) is 0 Å². The highest BCUT2D eigenvalue weighted by atomic mass is 32.2. The van der Waals surface area contributed by atoms with Gasteiger partial charge < -0.3 is 15.2 Å². The summed E-state index contributed by atoms with van der Waals surface area (Å²) in [6.45, 7) is 0.00867. The first-order valence-corrected chi connectivity index (χ1v) is 12.5. The Labute approximate surface area is 196 Å². The number of sulfonamides is 1. The molecule has 0 radical (unpaired) electrons. The molecule has 5 rings (SSSR count). The van der Waals surface area contributed by atoms with Crippen LogP contribution >= 0.6 is 0 Å². The fourth-order valence-corrected chi connectivity index (χ4v) is 6.32. The number of ether oxygens (including phenoxy) is 1. The lowest BCUT2D eigenvalue weighted by Crippen LogP contribution is -2.48. The summed E-state index contributed by atoms with van der Waals surface area (Å²) in [4.78, 5) is 23.5. The van der Waals surface area contributed by atoms with Gasteiger partial charge in [0.25, 0.3) is 10.0 Å². The summed E-state index contributed by atoms with van der Waals surface area (Å²) < 4.78 is 47.4. The van der Waals surface area contributed by atoms with Gasteiger partial charge in [-0.15, -0.1) is 0 Å². The second-order valence-corrected chi connectivity index (χ2v) is 10.9. The number of benzene rings is 2. The van der Waals surface area contributed by atoms with Crippen molar-refractivity contribution < 1.29 is 32.2 Å². The summed E-state index contributed by atoms with van der Waals surface area (Å²) in [5.41, 5.74) is 0.490. The van der Waals surface area contributed by atoms with Crippen LogP contribution in [0.2, 0.25) is 0 Å². The average Bonchev–Trinajstić information content (AvgIpc) is 3.54. The molecule has 11 heteroatoms. The second kappa shape index (κ2) is 8.15. The lowest BCUT2D eigenvalue weighted by Gasteiger charge is -2.36. The minimum atomic E-state index is -4.13. The van der Waals surface area contributed by atoms with Crippen LogP contribution < -0.4 is 19.7 Å². The van der Waals surface area contributed by atoms with Crippen molar-refractivity contribution in [3.63, 3.8) is 0 Å². The molecule has 1 unspecified atom stereocenters. The molecule has 2 aromatic rings. The zero-order valence-electron chi connectivity index (χ0n) is 18.2. The molecule has 34 heavy (non-hydrogen) atoms. The molecule has 3 aliphatic rings. The molecule has 2 saturated carbocycles. The van der Waals surface area contributed by atoms with E-state index in [1.54, 1.807) is 0 Å². The molecule has 0 saturated heterocycles. The van der Waals surface area contributed by atoms with Gasteiger partial charge in [-0.3, -0.25) is 14.4 Å². The van der Waals surface area contributed by atoms with E-state index in [0.29, 0.717) is 0 Å². The number of carbonyl (C=O) groups is 2. The SMILES string of the molecule is O=C(O)Nc1ccc2c(c1)N(S(=O)(=O)c1ccc(F)cc1)C[C@H](CNC(=O)C1CC13CCC3)O2. The minimum Gasteiger partial charge on any atom is -0.484 e. The quantitative estimate of drug-likeness (QED) is 0.572. The second-order valence-electron chi connectivity index (χ2n) is 9.06. The van der Waals surface area contributed by atoms with Gasteiger partial charge in [0.1, 0.15) is 17.7 Å². The predicted octanol–water partition coefficient (Wildman–Crippen LogP) is 3.18. The topological polar surface area (TPSA) is 125 Å². The number of halogens is 1. The smallest absolute Gasteiger partial charge is 0.409 e. The maximum Gasteiger partial charge on any atom is 0.409 e. The maximum atomic E-state index is 13.5. The van der Waals surface area contributed by atoms with Gasteiger partial charge in [0, 0.05) is 11.6 Å². The van der Waals surface area contributed by atoms with Crippen molar-refractivity contribution in [1.82, 2.24) is 5.32 Å². The molecular weight excluding hydrogens is 465 g/mol. The first-order chi connectivity index (χ1) is 16.2. The van der Waals surface area contributed by atoms with E-state index in [-0.39, 0.29) is 52.3 Å². The molecule has 1 aliphatic heterocycles. The van der Waals surface area contributed by atoms with Crippen LogP contribution in [0.5, 0.6) is 5.75 Å². The molecule has 2 fully saturated rings. The number of hydrogen-bond donors (Lipinski definition) is 3. The third-order valence-corrected chi connectivity index (χ3v) is 8.70. The Morgan fingerprint density at radius 2 is 1.91 bits per heavy atom. The van der Waals surface area contributed by atoms with Crippen molar-refractivity contribution in [2.45, 2.75) is 36.7 Å². The van der Waals surface area contributed by atoms with E-state index >= 15 is 0 Å². The van der Waals surface area contributed by atoms with Crippen LogP contribution in [0, 0.1) is 17.2 Å². The number of fused-ring (bicyclic) bond motifs is 1. The Hall–Kier alpha value is -3.34. The summed E-state index contributed by atoms with van der Waals surface area (Å²) in [6.07, 6.45) is 2.25. The summed E-state index contributed by atoms with van der Waals surface area (Å²) >= 11 is 0. The lowest BCUT2D eigenvalue weighted by atomic mass is 9.80. The summed E-state index contributed by atoms with van der Waals surface area (Å²) in [5.74, 6) is -0.364. The van der Waals surface area contributed by atoms with Gasteiger partial charge in [-0.05, 0) is 67.1 Å². The number of nitrogens with zero attached hydrogens (tertiary/aromatic N) is 1. The van der Waals surface area contributed by atoms with Crippen molar-refractivity contribution in [2.75, 3.05) is 22.7 Å². The largest absolute Gasteiger partial charge is 0.484 e. The molecule has 2 amide bonds. The van der Waals surface area contributed by atoms with E-state index in [2.05, 4.69) is 10.6 Å². The highest BCUT2D eigenvalue weighted by Gasteiger charge is 2.60. The highest BCUT2D eigenvalue weighted by Crippen LogP contribution is 2.65. The molecule has 9 nitrogen and oxygen atoms in total. The van der Waals surface area contributed by atoms with Crippen LogP contribution in [-0.4, -0.2) is 44.7 Å². The molecule has 180 valence electrons. The van der Waals surface area contributed by atoms with E-state index in [1.165, 1.54) is 30.3 Å². The molecule has 0 bridgehead atoms. The van der Waals surface area contributed by atoms with Crippen molar-refractivity contribution in [1.29, 1.82) is 0 Å². The van der Waals surface area contributed by atoms with Gasteiger partial charge in [-0.25, -0.2) is 17.6 Å². The maximum absolute atomic E-state index is 13.5. The summed E-state index contributed by atoms with van der Waals surface area (Å²) in [5, 5.41) is 14.1. The van der Waals surface area contributed by atoms with Gasteiger partial charge in [-0.2, -0.15) is 0 Å². The molecule has 1 heterocycles. The van der Waals surface area contributed by atoms with Crippen LogP contribution in [-0.2, 0) is 14.8 Å². The molecule has 3 N–H and O–H groups in total. The van der Waals surface area contributed by atoms with E-state index in [0.717, 1.165) is 42.1 Å². The van der Waals surface area contributed by atoms with Crippen LogP contribution in [0.1, 0.15) is 25.7 Å². The number of carbonyl (C=O) groups excluding carboxylic acids is 1. The molecule has 1 spiro atoms. The van der Waals surface area contributed by atoms with Crippen molar-refractivity contribution in [3.05, 3.63) is 48.3 Å². The minimum absolute atomic E-state index is 0.0147. The zero-order valence-corrected chi connectivity index (χ0v) is 19.0. The summed E-state index contributed by atoms with van der Waals surface area (Å²) in [7, 11) is -4.13. The lowest BCUT2D eigenvalue weighted by molar-refractivity contribution is -0.123. The fraction of sp³-hybridized carbons (Fsp3) is 0.391. The molecule has 2 atom stereocenters. The van der Waals surface area contributed by atoms with Crippen LogP contribution in [0.25, 0.3) is 0 Å². The Bertz CT molecular complexity index is 1250. The molecular formula is C23H24FN3O6S. The van der Waals surface area contributed by atoms with Gasteiger partial charge in [-0.1, -0.05) is 6.42 Å². The standard InChI is InChI=1S/C23H24FN3O6S/c24-14-2-5-17(6-3-14)34(31,32)27-13-16(12-25-21(28)18-11-23(18)8-1-9-23)33-20-7-4-15(10-19(20)27)26-22(29)30/h2-7,10,16,18,26H,1,8-9,11-13H2,(H,25,28)(H,29,30)/t16-,18?/m0/s1. The van der Waals surface area contributed by atoms with E-state index in [9.17, 15) is 22.4 Å².